The Morgan fingerprint density at radius 3 is 2.20 bits per heavy atom. The zero-order valence-corrected chi connectivity index (χ0v) is 15.5. The molecule has 0 radical (unpaired) electrons. The van der Waals surface area contributed by atoms with Crippen LogP contribution in [0.4, 0.5) is 13.2 Å². The van der Waals surface area contributed by atoms with E-state index in [1.165, 1.54) is 60.7 Å². The summed E-state index contributed by atoms with van der Waals surface area (Å²) in [6.45, 7) is 0. The second-order valence-electron chi connectivity index (χ2n) is 6.35. The van der Waals surface area contributed by atoms with Crippen LogP contribution < -0.4 is 5.32 Å². The van der Waals surface area contributed by atoms with Crippen molar-refractivity contribution in [3.8, 4) is 11.1 Å². The maximum atomic E-state index is 13.3. The van der Waals surface area contributed by atoms with Gasteiger partial charge in [0.25, 0.3) is 5.91 Å². The number of hydrogen-bond acceptors (Lipinski definition) is 2. The van der Waals surface area contributed by atoms with Gasteiger partial charge in [0.05, 0.1) is 5.56 Å². The molecule has 3 rings (SSSR count). The van der Waals surface area contributed by atoms with Crippen LogP contribution in [0.15, 0.2) is 84.6 Å². The number of hydrogen-bond donors (Lipinski definition) is 2. The zero-order valence-electron chi connectivity index (χ0n) is 15.5. The number of halogens is 3. The molecule has 152 valence electrons. The molecule has 0 bridgehead atoms. The van der Waals surface area contributed by atoms with Crippen LogP contribution in [0.1, 0.15) is 21.5 Å². The van der Waals surface area contributed by atoms with Gasteiger partial charge in [-0.05, 0) is 47.0 Å². The van der Waals surface area contributed by atoms with E-state index in [9.17, 15) is 27.9 Å². The Hall–Kier alpha value is -3.87. The monoisotopic (exact) mass is 411 g/mol. The topological polar surface area (TPSA) is 66.4 Å². The molecule has 0 saturated carbocycles. The maximum absolute atomic E-state index is 13.3. The number of benzene rings is 3. The highest BCUT2D eigenvalue weighted by atomic mass is 19.4. The summed E-state index contributed by atoms with van der Waals surface area (Å²) in [5, 5.41) is 11.8. The lowest BCUT2D eigenvalue weighted by atomic mass is 9.97. The van der Waals surface area contributed by atoms with E-state index in [-0.39, 0.29) is 16.7 Å². The average molecular weight is 411 g/mol. The maximum Gasteiger partial charge on any atom is 0.417 e. The zero-order chi connectivity index (χ0) is 21.7. The van der Waals surface area contributed by atoms with Crippen LogP contribution in [0.25, 0.3) is 17.2 Å². The van der Waals surface area contributed by atoms with Gasteiger partial charge in [-0.25, -0.2) is 4.79 Å². The second kappa shape index (κ2) is 8.65. The van der Waals surface area contributed by atoms with Gasteiger partial charge in [-0.15, -0.1) is 0 Å². The SMILES string of the molecule is O=C(O)/C(=C\c1cccc(-c2ccccc2C(F)(F)F)c1)NC(=O)c1ccccc1. The van der Waals surface area contributed by atoms with Crippen molar-refractivity contribution in [2.24, 2.45) is 0 Å². The van der Waals surface area contributed by atoms with Crippen molar-refractivity contribution in [3.05, 3.63) is 101 Å². The van der Waals surface area contributed by atoms with E-state index in [1.54, 1.807) is 18.2 Å². The van der Waals surface area contributed by atoms with Crippen molar-refractivity contribution in [2.75, 3.05) is 0 Å². The van der Waals surface area contributed by atoms with Crippen LogP contribution in [-0.4, -0.2) is 17.0 Å². The molecule has 7 heteroatoms. The Bertz CT molecular complexity index is 1110. The molecule has 0 fully saturated rings. The molecule has 4 nitrogen and oxygen atoms in total. The molecular weight excluding hydrogens is 395 g/mol. The van der Waals surface area contributed by atoms with Crippen molar-refractivity contribution in [1.82, 2.24) is 5.32 Å². The molecule has 1 amide bonds. The number of carbonyl (C=O) groups excluding carboxylic acids is 1. The van der Waals surface area contributed by atoms with E-state index in [0.717, 1.165) is 6.07 Å². The summed E-state index contributed by atoms with van der Waals surface area (Å²) >= 11 is 0. The highest BCUT2D eigenvalue weighted by Crippen LogP contribution is 2.37. The van der Waals surface area contributed by atoms with Crippen molar-refractivity contribution < 1.29 is 27.9 Å². The fourth-order valence-corrected chi connectivity index (χ4v) is 2.88. The normalized spacial score (nSPS) is 11.8. The largest absolute Gasteiger partial charge is 0.477 e. The first-order valence-electron chi connectivity index (χ1n) is 8.84. The number of carboxylic acids is 1. The lowest BCUT2D eigenvalue weighted by Crippen LogP contribution is -2.27. The fourth-order valence-electron chi connectivity index (χ4n) is 2.88. The first kappa shape index (κ1) is 20.9. The van der Waals surface area contributed by atoms with E-state index < -0.39 is 29.3 Å². The van der Waals surface area contributed by atoms with Crippen LogP contribution in [-0.2, 0) is 11.0 Å². The molecule has 0 aliphatic heterocycles. The van der Waals surface area contributed by atoms with Crippen LogP contribution in [0.5, 0.6) is 0 Å². The lowest BCUT2D eigenvalue weighted by molar-refractivity contribution is -0.137. The van der Waals surface area contributed by atoms with Gasteiger partial charge < -0.3 is 10.4 Å². The molecule has 2 N–H and O–H groups in total. The summed E-state index contributed by atoms with van der Waals surface area (Å²) in [4.78, 5) is 23.8. The Balaban J connectivity index is 1.96. The van der Waals surface area contributed by atoms with Gasteiger partial charge in [-0.3, -0.25) is 4.79 Å². The third kappa shape index (κ3) is 4.94. The average Bonchev–Trinajstić information content (AvgIpc) is 2.73. The van der Waals surface area contributed by atoms with Gasteiger partial charge in [-0.2, -0.15) is 13.2 Å². The van der Waals surface area contributed by atoms with E-state index >= 15 is 0 Å². The molecule has 0 heterocycles. The number of rotatable bonds is 5. The molecule has 0 aliphatic carbocycles. The quantitative estimate of drug-likeness (QED) is 0.565. The predicted octanol–water partition coefficient (Wildman–Crippen LogP) is 5.23. The minimum Gasteiger partial charge on any atom is -0.477 e. The standard InChI is InChI=1S/C23H16F3NO3/c24-23(25,26)19-12-5-4-11-18(19)17-10-6-7-15(13-17)14-20(22(29)30)27-21(28)16-8-2-1-3-9-16/h1-14H,(H,27,28)(H,29,30)/b20-14+. The van der Waals surface area contributed by atoms with Crippen LogP contribution in [0, 0.1) is 0 Å². The second-order valence-corrected chi connectivity index (χ2v) is 6.35. The minimum absolute atomic E-state index is 0.0227. The third-order valence-corrected chi connectivity index (χ3v) is 4.26. The summed E-state index contributed by atoms with van der Waals surface area (Å²) in [6.07, 6.45) is -3.33. The first-order valence-corrected chi connectivity index (χ1v) is 8.84. The molecule has 0 spiro atoms. The van der Waals surface area contributed by atoms with Gasteiger partial charge in [0.1, 0.15) is 5.70 Å². The molecule has 3 aromatic rings. The summed E-state index contributed by atoms with van der Waals surface area (Å²) in [6, 6.07) is 19.2. The van der Waals surface area contributed by atoms with Crippen LogP contribution in [0.2, 0.25) is 0 Å². The van der Waals surface area contributed by atoms with Crippen molar-refractivity contribution >= 4 is 18.0 Å². The van der Waals surface area contributed by atoms with E-state index in [1.807, 2.05) is 0 Å². The summed E-state index contributed by atoms with van der Waals surface area (Å²) < 4.78 is 40.0. The molecule has 30 heavy (non-hydrogen) atoms. The smallest absolute Gasteiger partial charge is 0.417 e. The van der Waals surface area contributed by atoms with Gasteiger partial charge in [0, 0.05) is 5.56 Å². The first-order chi connectivity index (χ1) is 14.3. The molecule has 0 atom stereocenters. The Morgan fingerprint density at radius 2 is 1.53 bits per heavy atom. The summed E-state index contributed by atoms with van der Waals surface area (Å²) in [5.74, 6) is -1.98. The number of carbonyl (C=O) groups is 2. The summed E-state index contributed by atoms with van der Waals surface area (Å²) in [7, 11) is 0. The van der Waals surface area contributed by atoms with Gasteiger partial charge in [0.2, 0.25) is 0 Å². The van der Waals surface area contributed by atoms with Crippen LogP contribution >= 0.6 is 0 Å². The third-order valence-electron chi connectivity index (χ3n) is 4.26. The predicted molar refractivity (Wildman–Crippen MR) is 106 cm³/mol. The van der Waals surface area contributed by atoms with Gasteiger partial charge in [0.15, 0.2) is 0 Å². The summed E-state index contributed by atoms with van der Waals surface area (Å²) in [5.41, 5.74) is -0.332. The number of alkyl halides is 3. The fraction of sp³-hybridized carbons (Fsp3) is 0.0435. The molecule has 0 aliphatic rings. The van der Waals surface area contributed by atoms with Crippen molar-refractivity contribution in [2.45, 2.75) is 6.18 Å². The van der Waals surface area contributed by atoms with Crippen molar-refractivity contribution in [3.63, 3.8) is 0 Å². The molecule has 0 unspecified atom stereocenters. The molecule has 0 aromatic heterocycles. The minimum atomic E-state index is -4.53. The Labute approximate surface area is 170 Å². The number of nitrogens with one attached hydrogen (secondary N) is 1. The van der Waals surface area contributed by atoms with E-state index in [0.29, 0.717) is 5.56 Å². The molecule has 3 aromatic carbocycles. The Morgan fingerprint density at radius 1 is 0.867 bits per heavy atom. The molecule has 0 saturated heterocycles. The lowest BCUT2D eigenvalue weighted by Gasteiger charge is -2.13. The number of amides is 1. The van der Waals surface area contributed by atoms with E-state index in [2.05, 4.69) is 5.32 Å². The van der Waals surface area contributed by atoms with Gasteiger partial charge in [-0.1, -0.05) is 54.6 Å². The molecular formula is C23H16F3NO3. The van der Waals surface area contributed by atoms with Crippen LogP contribution in [0.3, 0.4) is 0 Å². The number of aliphatic carboxylic acids is 1. The van der Waals surface area contributed by atoms with Crippen molar-refractivity contribution in [1.29, 1.82) is 0 Å². The Kier molecular flexibility index (Phi) is 6.01. The van der Waals surface area contributed by atoms with Gasteiger partial charge >= 0.3 is 12.1 Å². The highest BCUT2D eigenvalue weighted by Gasteiger charge is 2.33. The number of carboxylic acid groups (broad SMARTS) is 1. The van der Waals surface area contributed by atoms with E-state index in [4.69, 9.17) is 0 Å². The highest BCUT2D eigenvalue weighted by molar-refractivity contribution is 6.02.